The predicted octanol–water partition coefficient (Wildman–Crippen LogP) is 3.35. The van der Waals surface area contributed by atoms with Gasteiger partial charge in [-0.15, -0.1) is 0 Å². The highest BCUT2D eigenvalue weighted by Crippen LogP contribution is 2.30. The Hall–Kier alpha value is -2.04. The first-order valence-electron chi connectivity index (χ1n) is 8.55. The first-order chi connectivity index (χ1) is 11.3. The molecule has 0 unspecified atom stereocenters. The lowest BCUT2D eigenvalue weighted by atomic mass is 9.81. The minimum atomic E-state index is -0.209. The van der Waals surface area contributed by atoms with Gasteiger partial charge in [-0.1, -0.05) is 0 Å². The number of hydrogen-bond acceptors (Lipinski definition) is 3. The van der Waals surface area contributed by atoms with Crippen LogP contribution in [-0.2, 0) is 9.59 Å². The highest BCUT2D eigenvalue weighted by Gasteiger charge is 2.31. The first-order valence-corrected chi connectivity index (χ1v) is 8.55. The zero-order valence-corrected chi connectivity index (χ0v) is 15.0. The minimum absolute atomic E-state index is 0.0224. The van der Waals surface area contributed by atoms with Gasteiger partial charge in [-0.25, -0.2) is 0 Å². The predicted molar refractivity (Wildman–Crippen MR) is 95.0 cm³/mol. The zero-order valence-electron chi connectivity index (χ0n) is 15.0. The highest BCUT2D eigenvalue weighted by atomic mass is 16.5. The van der Waals surface area contributed by atoms with Crippen LogP contribution in [0.1, 0.15) is 46.5 Å². The largest absolute Gasteiger partial charge is 0.497 e. The van der Waals surface area contributed by atoms with Gasteiger partial charge in [-0.05, 0) is 70.7 Å². The number of nitrogens with one attached hydrogen (secondary N) is 2. The van der Waals surface area contributed by atoms with E-state index in [-0.39, 0.29) is 29.2 Å². The van der Waals surface area contributed by atoms with Crippen molar-refractivity contribution >= 4 is 17.5 Å². The normalized spacial score (nSPS) is 21.0. The van der Waals surface area contributed by atoms with Crippen LogP contribution in [0.4, 0.5) is 5.69 Å². The van der Waals surface area contributed by atoms with Crippen LogP contribution in [0.15, 0.2) is 24.3 Å². The quantitative estimate of drug-likeness (QED) is 0.888. The summed E-state index contributed by atoms with van der Waals surface area (Å²) in [6.45, 7) is 5.95. The fraction of sp³-hybridized carbons (Fsp3) is 0.579. The third kappa shape index (κ3) is 5.25. The molecule has 24 heavy (non-hydrogen) atoms. The van der Waals surface area contributed by atoms with E-state index in [4.69, 9.17) is 4.74 Å². The summed E-state index contributed by atoms with van der Waals surface area (Å²) in [5, 5.41) is 5.98. The molecule has 2 rings (SSSR count). The summed E-state index contributed by atoms with van der Waals surface area (Å²) in [6.07, 6.45) is 3.04. The van der Waals surface area contributed by atoms with Gasteiger partial charge >= 0.3 is 0 Å². The van der Waals surface area contributed by atoms with E-state index >= 15 is 0 Å². The molecule has 0 aromatic heterocycles. The maximum absolute atomic E-state index is 12.4. The van der Waals surface area contributed by atoms with E-state index in [1.54, 1.807) is 7.11 Å². The number of carbonyl (C=O) groups is 2. The van der Waals surface area contributed by atoms with Crippen LogP contribution in [-0.4, -0.2) is 24.5 Å². The number of benzene rings is 1. The lowest BCUT2D eigenvalue weighted by Gasteiger charge is -2.30. The average molecular weight is 332 g/mol. The van der Waals surface area contributed by atoms with Crippen molar-refractivity contribution in [2.75, 3.05) is 12.4 Å². The Bertz CT molecular complexity index is 567. The fourth-order valence-corrected chi connectivity index (χ4v) is 3.01. The van der Waals surface area contributed by atoms with Crippen molar-refractivity contribution < 1.29 is 14.3 Å². The monoisotopic (exact) mass is 332 g/mol. The molecule has 0 heterocycles. The van der Waals surface area contributed by atoms with Crippen molar-refractivity contribution in [3.63, 3.8) is 0 Å². The second-order valence-corrected chi connectivity index (χ2v) is 7.51. The van der Waals surface area contributed by atoms with E-state index in [2.05, 4.69) is 10.6 Å². The standard InChI is InChI=1S/C19H28N2O3/c1-19(2,3)21-18(23)14-7-5-13(6-8-14)17(22)20-15-9-11-16(24-4)12-10-15/h9-14H,5-8H2,1-4H3,(H,20,22)(H,21,23). The highest BCUT2D eigenvalue weighted by molar-refractivity contribution is 5.92. The molecule has 1 aromatic carbocycles. The number of carbonyl (C=O) groups excluding carboxylic acids is 2. The second-order valence-electron chi connectivity index (χ2n) is 7.51. The molecule has 1 aromatic rings. The van der Waals surface area contributed by atoms with Crippen molar-refractivity contribution in [3.8, 4) is 5.75 Å². The molecule has 0 radical (unpaired) electrons. The minimum Gasteiger partial charge on any atom is -0.497 e. The Morgan fingerprint density at radius 3 is 1.92 bits per heavy atom. The molecule has 0 bridgehead atoms. The number of rotatable bonds is 4. The topological polar surface area (TPSA) is 67.4 Å². The smallest absolute Gasteiger partial charge is 0.227 e. The lowest BCUT2D eigenvalue weighted by Crippen LogP contribution is -2.45. The third-order valence-electron chi connectivity index (χ3n) is 4.32. The Labute approximate surface area is 144 Å². The van der Waals surface area contributed by atoms with E-state index in [0.29, 0.717) is 0 Å². The van der Waals surface area contributed by atoms with Crippen LogP contribution < -0.4 is 15.4 Å². The third-order valence-corrected chi connectivity index (χ3v) is 4.32. The van der Waals surface area contributed by atoms with E-state index in [9.17, 15) is 9.59 Å². The Kier molecular flexibility index (Phi) is 5.86. The van der Waals surface area contributed by atoms with Crippen LogP contribution in [0, 0.1) is 11.8 Å². The number of amides is 2. The van der Waals surface area contributed by atoms with E-state index in [1.165, 1.54) is 0 Å². The summed E-state index contributed by atoms with van der Waals surface area (Å²) in [5.41, 5.74) is 0.563. The molecule has 1 saturated carbocycles. The van der Waals surface area contributed by atoms with E-state index in [1.807, 2.05) is 45.0 Å². The lowest BCUT2D eigenvalue weighted by molar-refractivity contribution is -0.129. The molecule has 1 aliphatic carbocycles. The van der Waals surface area contributed by atoms with E-state index < -0.39 is 0 Å². The van der Waals surface area contributed by atoms with E-state index in [0.717, 1.165) is 37.1 Å². The van der Waals surface area contributed by atoms with Crippen molar-refractivity contribution in [1.29, 1.82) is 0 Å². The molecule has 2 amide bonds. The van der Waals surface area contributed by atoms with Crippen LogP contribution in [0.3, 0.4) is 0 Å². The van der Waals surface area contributed by atoms with Crippen LogP contribution in [0.5, 0.6) is 5.75 Å². The van der Waals surface area contributed by atoms with Gasteiger partial charge in [0, 0.05) is 23.1 Å². The van der Waals surface area contributed by atoms with Gasteiger partial charge in [0.15, 0.2) is 0 Å². The summed E-state index contributed by atoms with van der Waals surface area (Å²) in [5.74, 6) is 0.907. The zero-order chi connectivity index (χ0) is 17.7. The molecular weight excluding hydrogens is 304 g/mol. The number of ether oxygens (including phenoxy) is 1. The Morgan fingerprint density at radius 1 is 0.958 bits per heavy atom. The Morgan fingerprint density at radius 2 is 1.46 bits per heavy atom. The van der Waals surface area contributed by atoms with Crippen molar-refractivity contribution in [1.82, 2.24) is 5.32 Å². The van der Waals surface area contributed by atoms with Crippen molar-refractivity contribution in [2.24, 2.45) is 11.8 Å². The van der Waals surface area contributed by atoms with Gasteiger partial charge < -0.3 is 15.4 Å². The maximum Gasteiger partial charge on any atom is 0.227 e. The molecule has 2 N–H and O–H groups in total. The van der Waals surface area contributed by atoms with Crippen molar-refractivity contribution in [2.45, 2.75) is 52.0 Å². The first kappa shape index (κ1) is 18.3. The van der Waals surface area contributed by atoms with Crippen LogP contribution in [0.2, 0.25) is 0 Å². The molecule has 5 nitrogen and oxygen atoms in total. The summed E-state index contributed by atoms with van der Waals surface area (Å²) in [7, 11) is 1.61. The summed E-state index contributed by atoms with van der Waals surface area (Å²) in [6, 6.07) is 7.31. The summed E-state index contributed by atoms with van der Waals surface area (Å²) < 4.78 is 5.11. The molecule has 1 aliphatic rings. The molecule has 0 saturated heterocycles. The van der Waals surface area contributed by atoms with Crippen LogP contribution in [0.25, 0.3) is 0 Å². The van der Waals surface area contributed by atoms with Gasteiger partial charge in [-0.2, -0.15) is 0 Å². The molecule has 132 valence electrons. The molecule has 0 spiro atoms. The van der Waals surface area contributed by atoms with Gasteiger partial charge in [0.2, 0.25) is 11.8 Å². The molecule has 5 heteroatoms. The molecule has 0 atom stereocenters. The van der Waals surface area contributed by atoms with Crippen molar-refractivity contribution in [3.05, 3.63) is 24.3 Å². The number of hydrogen-bond donors (Lipinski definition) is 2. The maximum atomic E-state index is 12.4. The van der Waals surface area contributed by atoms with Gasteiger partial charge in [-0.3, -0.25) is 9.59 Å². The van der Waals surface area contributed by atoms with Crippen LogP contribution >= 0.6 is 0 Å². The molecule has 1 fully saturated rings. The molecule has 0 aliphatic heterocycles. The average Bonchev–Trinajstić information content (AvgIpc) is 2.54. The fourth-order valence-electron chi connectivity index (χ4n) is 3.01. The number of methoxy groups -OCH3 is 1. The Balaban J connectivity index is 1.82. The number of anilines is 1. The summed E-state index contributed by atoms with van der Waals surface area (Å²) in [4.78, 5) is 24.6. The SMILES string of the molecule is COc1ccc(NC(=O)C2CCC(C(=O)NC(C)(C)C)CC2)cc1. The van der Waals surface area contributed by atoms with Gasteiger partial charge in [0.1, 0.15) is 5.75 Å². The summed E-state index contributed by atoms with van der Waals surface area (Å²) >= 11 is 0. The second kappa shape index (κ2) is 7.69. The van der Waals surface area contributed by atoms with Gasteiger partial charge in [0.05, 0.1) is 7.11 Å². The molecular formula is C19H28N2O3. The van der Waals surface area contributed by atoms with Gasteiger partial charge in [0.25, 0.3) is 0 Å².